The van der Waals surface area contributed by atoms with Crippen LogP contribution in [0.15, 0.2) is 71.4 Å². The molecule has 0 radical (unpaired) electrons. The van der Waals surface area contributed by atoms with Crippen molar-refractivity contribution < 1.29 is 13.2 Å². The number of benzene rings is 1. The molecule has 0 N–H and O–H groups in total. The maximum Gasteiger partial charge on any atom is 0.256 e. The van der Waals surface area contributed by atoms with Crippen LogP contribution in [0.2, 0.25) is 0 Å². The standard InChI is InChI=1S/C18H15N3O3S/c22-25(23)13-12-21-11-3-4-16(18(21)20-25)14-6-8-15(9-7-14)24-17-5-1-2-10-19-17/h1-11H,12-13H2. The van der Waals surface area contributed by atoms with Crippen molar-refractivity contribution in [2.75, 3.05) is 12.3 Å². The summed E-state index contributed by atoms with van der Waals surface area (Å²) >= 11 is 0. The summed E-state index contributed by atoms with van der Waals surface area (Å²) in [6.07, 6.45) is 7.27. The Balaban J connectivity index is 1.62. The summed E-state index contributed by atoms with van der Waals surface area (Å²) in [5.41, 5.74) is 1.65. The van der Waals surface area contributed by atoms with Gasteiger partial charge < -0.3 is 9.64 Å². The molecule has 2 aliphatic rings. The van der Waals surface area contributed by atoms with Gasteiger partial charge in [0.05, 0.1) is 5.75 Å². The molecule has 1 aromatic carbocycles. The van der Waals surface area contributed by atoms with E-state index in [0.717, 1.165) is 11.1 Å². The number of rotatable bonds is 3. The fraction of sp³-hybridized carbons (Fsp3) is 0.111. The highest BCUT2D eigenvalue weighted by Crippen LogP contribution is 2.28. The Morgan fingerprint density at radius 1 is 1.08 bits per heavy atom. The van der Waals surface area contributed by atoms with E-state index in [1.807, 2.05) is 59.7 Å². The second-order valence-electron chi connectivity index (χ2n) is 5.61. The third-order valence-corrected chi connectivity index (χ3v) is 5.03. The van der Waals surface area contributed by atoms with Gasteiger partial charge in [-0.2, -0.15) is 0 Å². The first-order chi connectivity index (χ1) is 12.1. The molecule has 0 bridgehead atoms. The number of hydrogen-bond donors (Lipinski definition) is 0. The molecule has 0 saturated carbocycles. The first-order valence-corrected chi connectivity index (χ1v) is 9.39. The van der Waals surface area contributed by atoms with Crippen LogP contribution in [0.4, 0.5) is 0 Å². The van der Waals surface area contributed by atoms with E-state index in [4.69, 9.17) is 4.74 Å². The van der Waals surface area contributed by atoms with Crippen LogP contribution < -0.4 is 4.74 Å². The number of aromatic nitrogens is 1. The number of amidine groups is 1. The van der Waals surface area contributed by atoms with Crippen LogP contribution >= 0.6 is 0 Å². The predicted molar refractivity (Wildman–Crippen MR) is 95.8 cm³/mol. The van der Waals surface area contributed by atoms with E-state index in [-0.39, 0.29) is 5.75 Å². The van der Waals surface area contributed by atoms with E-state index in [9.17, 15) is 8.42 Å². The van der Waals surface area contributed by atoms with Crippen molar-refractivity contribution in [2.45, 2.75) is 0 Å². The third-order valence-electron chi connectivity index (χ3n) is 3.88. The van der Waals surface area contributed by atoms with Gasteiger partial charge in [0, 0.05) is 30.6 Å². The Labute approximate surface area is 145 Å². The van der Waals surface area contributed by atoms with E-state index in [1.165, 1.54) is 0 Å². The molecule has 0 fully saturated rings. The molecule has 0 amide bonds. The number of sulfonamides is 1. The topological polar surface area (TPSA) is 71.9 Å². The van der Waals surface area contributed by atoms with E-state index in [0.29, 0.717) is 24.0 Å². The second kappa shape index (κ2) is 6.18. The molecule has 0 spiro atoms. The van der Waals surface area contributed by atoms with Gasteiger partial charge in [0.1, 0.15) is 5.75 Å². The van der Waals surface area contributed by atoms with Crippen molar-refractivity contribution in [3.8, 4) is 11.6 Å². The Morgan fingerprint density at radius 3 is 2.68 bits per heavy atom. The minimum Gasteiger partial charge on any atom is -0.439 e. The van der Waals surface area contributed by atoms with Crippen molar-refractivity contribution in [3.05, 3.63) is 72.6 Å². The van der Waals surface area contributed by atoms with Crippen molar-refractivity contribution in [2.24, 2.45) is 4.40 Å². The molecule has 1 aromatic heterocycles. The fourth-order valence-corrected chi connectivity index (χ4v) is 3.66. The number of ether oxygens (including phenoxy) is 1. The van der Waals surface area contributed by atoms with Gasteiger partial charge >= 0.3 is 0 Å². The van der Waals surface area contributed by atoms with Gasteiger partial charge in [-0.25, -0.2) is 13.4 Å². The lowest BCUT2D eigenvalue weighted by atomic mass is 10.0. The zero-order valence-electron chi connectivity index (χ0n) is 13.2. The Kier molecular flexibility index (Phi) is 3.85. The molecule has 6 nitrogen and oxygen atoms in total. The van der Waals surface area contributed by atoms with Crippen molar-refractivity contribution in [1.82, 2.24) is 9.88 Å². The fourth-order valence-electron chi connectivity index (χ4n) is 2.67. The number of nitrogens with zero attached hydrogens (tertiary/aromatic N) is 3. The van der Waals surface area contributed by atoms with Crippen molar-refractivity contribution in [3.63, 3.8) is 0 Å². The maximum absolute atomic E-state index is 11.8. The largest absolute Gasteiger partial charge is 0.439 e. The zero-order chi connectivity index (χ0) is 17.3. The summed E-state index contributed by atoms with van der Waals surface area (Å²) in [6, 6.07) is 12.9. The summed E-state index contributed by atoms with van der Waals surface area (Å²) in [5, 5.41) is 0. The molecule has 25 heavy (non-hydrogen) atoms. The second-order valence-corrected chi connectivity index (χ2v) is 7.37. The lowest BCUT2D eigenvalue weighted by Crippen LogP contribution is -2.37. The minimum absolute atomic E-state index is 0.0327. The van der Waals surface area contributed by atoms with Gasteiger partial charge in [-0.15, -0.1) is 4.40 Å². The summed E-state index contributed by atoms with van der Waals surface area (Å²) in [4.78, 5) is 5.98. The van der Waals surface area contributed by atoms with Crippen LogP contribution in [-0.2, 0) is 10.0 Å². The predicted octanol–water partition coefficient (Wildman–Crippen LogP) is 2.83. The van der Waals surface area contributed by atoms with Crippen LogP contribution in [-0.4, -0.2) is 36.4 Å². The molecule has 126 valence electrons. The quantitative estimate of drug-likeness (QED) is 0.848. The van der Waals surface area contributed by atoms with E-state index >= 15 is 0 Å². The highest BCUT2D eigenvalue weighted by atomic mass is 32.2. The smallest absolute Gasteiger partial charge is 0.256 e. The van der Waals surface area contributed by atoms with Crippen LogP contribution in [0, 0.1) is 0 Å². The number of pyridine rings is 1. The van der Waals surface area contributed by atoms with Gasteiger partial charge in [0.2, 0.25) is 5.88 Å². The van der Waals surface area contributed by atoms with E-state index in [2.05, 4.69) is 9.38 Å². The summed E-state index contributed by atoms with van der Waals surface area (Å²) in [7, 11) is -3.40. The number of fused-ring (bicyclic) bond motifs is 1. The monoisotopic (exact) mass is 353 g/mol. The molecule has 3 heterocycles. The van der Waals surface area contributed by atoms with Gasteiger partial charge in [0.15, 0.2) is 5.84 Å². The Morgan fingerprint density at radius 2 is 1.92 bits per heavy atom. The maximum atomic E-state index is 11.8. The molecule has 4 rings (SSSR count). The molecule has 7 heteroatoms. The SMILES string of the molecule is O=S1(=O)CCN2C=CC=C(c3ccc(Oc4ccccn4)cc3)C2=N1. The summed E-state index contributed by atoms with van der Waals surface area (Å²) < 4.78 is 33.3. The van der Waals surface area contributed by atoms with Gasteiger partial charge in [-0.3, -0.25) is 0 Å². The normalized spacial score (nSPS) is 18.2. The average molecular weight is 353 g/mol. The molecular formula is C18H15N3O3S. The summed E-state index contributed by atoms with van der Waals surface area (Å²) in [6.45, 7) is 0.413. The first kappa shape index (κ1) is 15.6. The highest BCUT2D eigenvalue weighted by molar-refractivity contribution is 7.90. The highest BCUT2D eigenvalue weighted by Gasteiger charge is 2.27. The van der Waals surface area contributed by atoms with Crippen LogP contribution in [0.3, 0.4) is 0 Å². The Bertz CT molecular complexity index is 978. The van der Waals surface area contributed by atoms with Crippen LogP contribution in [0.5, 0.6) is 11.6 Å². The molecule has 0 unspecified atom stereocenters. The first-order valence-electron chi connectivity index (χ1n) is 7.78. The Hall–Kier alpha value is -2.93. The van der Waals surface area contributed by atoms with Gasteiger partial charge in [0.25, 0.3) is 10.0 Å². The van der Waals surface area contributed by atoms with Crippen LogP contribution in [0.1, 0.15) is 5.56 Å². The molecule has 0 saturated heterocycles. The molecule has 0 atom stereocenters. The number of hydrogen-bond acceptors (Lipinski definition) is 5. The molecule has 2 aromatic rings. The lowest BCUT2D eigenvalue weighted by Gasteiger charge is -2.29. The molecule has 2 aliphatic heterocycles. The van der Waals surface area contributed by atoms with Crippen LogP contribution in [0.25, 0.3) is 5.57 Å². The lowest BCUT2D eigenvalue weighted by molar-refractivity contribution is 0.463. The van der Waals surface area contributed by atoms with E-state index < -0.39 is 10.0 Å². The third kappa shape index (κ3) is 3.32. The minimum atomic E-state index is -3.40. The average Bonchev–Trinajstić information content (AvgIpc) is 2.62. The molecule has 0 aliphatic carbocycles. The van der Waals surface area contributed by atoms with Crippen molar-refractivity contribution >= 4 is 21.4 Å². The van der Waals surface area contributed by atoms with Gasteiger partial charge in [-0.1, -0.05) is 18.2 Å². The molecular weight excluding hydrogens is 338 g/mol. The summed E-state index contributed by atoms with van der Waals surface area (Å²) in [5.74, 6) is 1.67. The van der Waals surface area contributed by atoms with Crippen molar-refractivity contribution in [1.29, 1.82) is 0 Å². The zero-order valence-corrected chi connectivity index (χ0v) is 14.1. The van der Waals surface area contributed by atoms with Gasteiger partial charge in [-0.05, 0) is 35.9 Å². The number of allylic oxidation sites excluding steroid dienone is 2. The van der Waals surface area contributed by atoms with E-state index in [1.54, 1.807) is 12.3 Å².